The molecular weight excluding hydrogens is 441 g/mol. The summed E-state index contributed by atoms with van der Waals surface area (Å²) in [6.45, 7) is 2.10. The van der Waals surface area contributed by atoms with Crippen LogP contribution in [0.25, 0.3) is 0 Å². The minimum absolute atomic E-state index is 0.132. The second-order valence-electron chi connectivity index (χ2n) is 8.97. The summed E-state index contributed by atoms with van der Waals surface area (Å²) in [6, 6.07) is 15.7. The number of nitrogens with zero attached hydrogens (tertiary/aromatic N) is 3. The van der Waals surface area contributed by atoms with Gasteiger partial charge in [0.25, 0.3) is 0 Å². The number of benzene rings is 2. The van der Waals surface area contributed by atoms with Gasteiger partial charge in [-0.1, -0.05) is 66.5 Å². The predicted molar refractivity (Wildman–Crippen MR) is 128 cm³/mol. The number of piperidine rings is 1. The van der Waals surface area contributed by atoms with Crippen LogP contribution in [0.15, 0.2) is 60.9 Å². The third-order valence-electron chi connectivity index (χ3n) is 7.06. The predicted octanol–water partition coefficient (Wildman–Crippen LogP) is 6.17. The Balaban J connectivity index is 1.55. The molecule has 0 saturated carbocycles. The minimum Gasteiger partial charge on any atom is -0.376 e. The first-order valence-corrected chi connectivity index (χ1v) is 12.1. The summed E-state index contributed by atoms with van der Waals surface area (Å²) in [5.74, 6) is 0.965. The van der Waals surface area contributed by atoms with Gasteiger partial charge in [0.05, 0.1) is 6.04 Å². The van der Waals surface area contributed by atoms with Gasteiger partial charge >= 0.3 is 0 Å². The minimum atomic E-state index is -0.969. The maximum absolute atomic E-state index is 12.0. The summed E-state index contributed by atoms with van der Waals surface area (Å²) in [7, 11) is 0. The highest BCUT2D eigenvalue weighted by atomic mass is 35.5. The number of aryl methyl sites for hydroxylation is 1. The Morgan fingerprint density at radius 2 is 1.62 bits per heavy atom. The molecule has 166 valence electrons. The van der Waals surface area contributed by atoms with E-state index in [9.17, 15) is 5.11 Å². The molecule has 32 heavy (non-hydrogen) atoms. The number of hydrogen-bond acceptors (Lipinski definition) is 4. The zero-order valence-corrected chi connectivity index (χ0v) is 19.6. The van der Waals surface area contributed by atoms with E-state index < -0.39 is 5.72 Å². The maximum atomic E-state index is 12.0. The third kappa shape index (κ3) is 3.84. The van der Waals surface area contributed by atoms with Gasteiger partial charge in [-0.05, 0) is 60.9 Å². The highest BCUT2D eigenvalue weighted by Crippen LogP contribution is 2.53. The van der Waals surface area contributed by atoms with Crippen molar-refractivity contribution in [1.82, 2.24) is 14.9 Å². The summed E-state index contributed by atoms with van der Waals surface area (Å²) in [6.07, 6.45) is 7.88. The molecule has 3 heterocycles. The molecule has 0 aliphatic carbocycles. The number of hydrogen-bond donors (Lipinski definition) is 1. The Morgan fingerprint density at radius 3 is 2.16 bits per heavy atom. The fourth-order valence-electron chi connectivity index (χ4n) is 5.52. The molecule has 3 atom stereocenters. The fourth-order valence-corrected chi connectivity index (χ4v) is 6.00. The van der Waals surface area contributed by atoms with Crippen molar-refractivity contribution in [2.24, 2.45) is 0 Å². The van der Waals surface area contributed by atoms with Gasteiger partial charge in [0.1, 0.15) is 11.5 Å². The largest absolute Gasteiger partial charge is 0.376 e. The van der Waals surface area contributed by atoms with Crippen molar-refractivity contribution in [3.05, 3.63) is 93.5 Å². The van der Waals surface area contributed by atoms with E-state index in [2.05, 4.69) is 21.8 Å². The molecule has 2 aromatic carbocycles. The Bertz CT molecular complexity index is 1060. The zero-order chi connectivity index (χ0) is 22.3. The van der Waals surface area contributed by atoms with Crippen molar-refractivity contribution in [2.75, 3.05) is 0 Å². The molecule has 0 amide bonds. The SMILES string of the molecule is CCc1cnc(C2CC3CCC(O)(C2)N3C(c2ccccc2Cl)c2ccccc2Cl)nc1. The molecule has 1 aromatic heterocycles. The van der Waals surface area contributed by atoms with Gasteiger partial charge in [0.2, 0.25) is 0 Å². The Morgan fingerprint density at radius 1 is 1.03 bits per heavy atom. The summed E-state index contributed by atoms with van der Waals surface area (Å²) < 4.78 is 0. The topological polar surface area (TPSA) is 49.3 Å². The molecule has 0 radical (unpaired) electrons. The molecule has 1 N–H and O–H groups in total. The van der Waals surface area contributed by atoms with E-state index >= 15 is 0 Å². The molecule has 2 fully saturated rings. The van der Waals surface area contributed by atoms with Crippen LogP contribution in [-0.4, -0.2) is 31.7 Å². The highest BCUT2D eigenvalue weighted by molar-refractivity contribution is 6.32. The zero-order valence-electron chi connectivity index (χ0n) is 18.1. The van der Waals surface area contributed by atoms with Crippen LogP contribution in [0.4, 0.5) is 0 Å². The lowest BCUT2D eigenvalue weighted by molar-refractivity contribution is -0.139. The summed E-state index contributed by atoms with van der Waals surface area (Å²) >= 11 is 13.4. The van der Waals surface area contributed by atoms with Crippen LogP contribution in [0.2, 0.25) is 10.0 Å². The molecule has 6 heteroatoms. The third-order valence-corrected chi connectivity index (χ3v) is 7.75. The van der Waals surface area contributed by atoms with Crippen molar-refractivity contribution in [3.63, 3.8) is 0 Å². The van der Waals surface area contributed by atoms with Crippen LogP contribution < -0.4 is 0 Å². The van der Waals surface area contributed by atoms with Crippen LogP contribution in [-0.2, 0) is 6.42 Å². The van der Waals surface area contributed by atoms with Gasteiger partial charge in [-0.25, -0.2) is 9.97 Å². The molecule has 3 aromatic rings. The number of fused-ring (bicyclic) bond motifs is 2. The molecule has 2 saturated heterocycles. The Labute approximate surface area is 199 Å². The average Bonchev–Trinajstić information content (AvgIpc) is 3.00. The van der Waals surface area contributed by atoms with Crippen LogP contribution in [0.3, 0.4) is 0 Å². The molecule has 4 nitrogen and oxygen atoms in total. The number of aromatic nitrogens is 2. The quantitative estimate of drug-likeness (QED) is 0.487. The molecule has 2 bridgehead atoms. The van der Waals surface area contributed by atoms with Gasteiger partial charge in [-0.2, -0.15) is 0 Å². The first-order valence-electron chi connectivity index (χ1n) is 11.3. The van der Waals surface area contributed by atoms with E-state index in [-0.39, 0.29) is 18.0 Å². The van der Waals surface area contributed by atoms with Crippen molar-refractivity contribution >= 4 is 23.2 Å². The highest BCUT2D eigenvalue weighted by Gasteiger charge is 2.54. The molecular formula is C26H27Cl2N3O. The first kappa shape index (κ1) is 21.8. The van der Waals surface area contributed by atoms with Crippen LogP contribution in [0.1, 0.15) is 67.1 Å². The maximum Gasteiger partial charge on any atom is 0.131 e. The smallest absolute Gasteiger partial charge is 0.131 e. The van der Waals surface area contributed by atoms with Gasteiger partial charge in [0.15, 0.2) is 0 Å². The second-order valence-corrected chi connectivity index (χ2v) is 9.78. The van der Waals surface area contributed by atoms with E-state index in [1.165, 1.54) is 0 Å². The molecule has 5 rings (SSSR count). The van der Waals surface area contributed by atoms with Gasteiger partial charge in [-0.3, -0.25) is 4.90 Å². The van der Waals surface area contributed by atoms with Crippen molar-refractivity contribution in [2.45, 2.75) is 62.8 Å². The lowest BCUT2D eigenvalue weighted by Crippen LogP contribution is -2.54. The first-order chi connectivity index (χ1) is 15.5. The Hall–Kier alpha value is -1.98. The van der Waals surface area contributed by atoms with Crippen molar-refractivity contribution < 1.29 is 5.11 Å². The van der Waals surface area contributed by atoms with Crippen molar-refractivity contribution in [1.29, 1.82) is 0 Å². The number of rotatable bonds is 5. The molecule has 0 spiro atoms. The van der Waals surface area contributed by atoms with E-state index in [0.717, 1.165) is 41.8 Å². The summed E-state index contributed by atoms with van der Waals surface area (Å²) in [5, 5.41) is 13.3. The molecule has 3 unspecified atom stereocenters. The van der Waals surface area contributed by atoms with Crippen LogP contribution in [0.5, 0.6) is 0 Å². The number of aliphatic hydroxyl groups is 1. The van der Waals surface area contributed by atoms with Crippen molar-refractivity contribution in [3.8, 4) is 0 Å². The van der Waals surface area contributed by atoms with E-state index in [1.807, 2.05) is 60.9 Å². The lowest BCUT2D eigenvalue weighted by atomic mass is 9.84. The summed E-state index contributed by atoms with van der Waals surface area (Å²) in [5.41, 5.74) is 2.10. The van der Waals surface area contributed by atoms with Gasteiger partial charge in [0, 0.05) is 34.4 Å². The van der Waals surface area contributed by atoms with Crippen LogP contribution >= 0.6 is 23.2 Å². The average molecular weight is 468 g/mol. The lowest BCUT2D eigenvalue weighted by Gasteiger charge is -2.48. The second kappa shape index (κ2) is 8.75. The normalized spacial score (nSPS) is 25.4. The van der Waals surface area contributed by atoms with Gasteiger partial charge < -0.3 is 5.11 Å². The van der Waals surface area contributed by atoms with Gasteiger partial charge in [-0.15, -0.1) is 0 Å². The Kier molecular flexibility index (Phi) is 5.98. The molecule has 2 aliphatic heterocycles. The fraction of sp³-hybridized carbons (Fsp3) is 0.385. The standard InChI is InChI=1S/C26H27Cl2N3O/c1-2-17-15-29-25(30-16-17)18-13-19-11-12-26(32,14-18)31(19)24(20-7-3-5-9-22(20)27)21-8-4-6-10-23(21)28/h3-10,15-16,18-19,24,32H,2,11-14H2,1H3. The number of halogens is 2. The van der Waals surface area contributed by atoms with E-state index in [1.54, 1.807) is 0 Å². The monoisotopic (exact) mass is 467 g/mol. The van der Waals surface area contributed by atoms with Crippen LogP contribution in [0, 0.1) is 0 Å². The van der Waals surface area contributed by atoms with E-state index in [4.69, 9.17) is 23.2 Å². The van der Waals surface area contributed by atoms with E-state index in [0.29, 0.717) is 22.9 Å². The summed E-state index contributed by atoms with van der Waals surface area (Å²) in [4.78, 5) is 11.5. The molecule has 2 aliphatic rings.